The van der Waals surface area contributed by atoms with Crippen LogP contribution in [0.25, 0.3) is 0 Å². The molecule has 2 amide bonds. The number of amides is 2. The third-order valence-electron chi connectivity index (χ3n) is 5.07. The van der Waals surface area contributed by atoms with Crippen LogP contribution in [0.2, 0.25) is 0 Å². The molecule has 4 nitrogen and oxygen atoms in total. The van der Waals surface area contributed by atoms with Gasteiger partial charge in [0.1, 0.15) is 5.75 Å². The highest BCUT2D eigenvalue weighted by atomic mass is 16.5. The van der Waals surface area contributed by atoms with E-state index in [9.17, 15) is 9.59 Å². The summed E-state index contributed by atoms with van der Waals surface area (Å²) >= 11 is 0. The van der Waals surface area contributed by atoms with E-state index in [2.05, 4.69) is 12.2 Å². The van der Waals surface area contributed by atoms with Gasteiger partial charge in [-0.25, -0.2) is 4.90 Å². The van der Waals surface area contributed by atoms with E-state index in [0.29, 0.717) is 11.4 Å². The molecule has 0 spiro atoms. The molecule has 4 heteroatoms. The molecule has 1 saturated heterocycles. The summed E-state index contributed by atoms with van der Waals surface area (Å²) in [4.78, 5) is 26.9. The smallest absolute Gasteiger partial charge is 0.238 e. The molecule has 1 aromatic carbocycles. The van der Waals surface area contributed by atoms with Gasteiger partial charge in [-0.2, -0.15) is 0 Å². The number of allylic oxidation sites excluding steroid dienone is 2. The van der Waals surface area contributed by atoms with Crippen molar-refractivity contribution in [2.24, 2.45) is 23.7 Å². The summed E-state index contributed by atoms with van der Waals surface area (Å²) in [7, 11) is 1.58. The number of anilines is 1. The van der Waals surface area contributed by atoms with Gasteiger partial charge in [0.2, 0.25) is 11.8 Å². The number of hydrogen-bond acceptors (Lipinski definition) is 3. The number of nitrogens with zero attached hydrogens (tertiary/aromatic N) is 1. The van der Waals surface area contributed by atoms with E-state index >= 15 is 0 Å². The fraction of sp³-hybridized carbons (Fsp3) is 0.412. The van der Waals surface area contributed by atoms with Gasteiger partial charge in [0.05, 0.1) is 24.6 Å². The highest BCUT2D eigenvalue weighted by molar-refractivity contribution is 6.22. The van der Waals surface area contributed by atoms with Crippen molar-refractivity contribution in [1.29, 1.82) is 0 Å². The molecular formula is C17H17NO3. The van der Waals surface area contributed by atoms with Crippen LogP contribution in [-0.2, 0) is 9.59 Å². The molecule has 0 unspecified atom stereocenters. The standard InChI is InChI=1S/C17H17NO3/c1-21-13-4-2-3-12(9-13)18-16(19)14-10-5-6-11(8-7-10)15(14)17(18)20/h2-6,9-11,14-15H,7-8H2,1H3/t10-,11+,14-,15+. The van der Waals surface area contributed by atoms with Crippen molar-refractivity contribution in [2.75, 3.05) is 12.0 Å². The number of fused-ring (bicyclic) bond motifs is 1. The Bertz CT molecular complexity index is 619. The Hall–Kier alpha value is -2.10. The summed E-state index contributed by atoms with van der Waals surface area (Å²) in [6.07, 6.45) is 6.31. The Kier molecular flexibility index (Phi) is 2.67. The van der Waals surface area contributed by atoms with Gasteiger partial charge in [-0.1, -0.05) is 18.2 Å². The number of methoxy groups -OCH3 is 1. The number of hydrogen-bond donors (Lipinski definition) is 0. The van der Waals surface area contributed by atoms with E-state index in [1.807, 2.05) is 12.1 Å². The SMILES string of the molecule is COc1cccc(N2C(=O)[C@@H]3[C@H](C2=O)[C@@H]2C=C[C@H]3CC2)c1. The van der Waals surface area contributed by atoms with Crippen LogP contribution in [0.4, 0.5) is 5.69 Å². The van der Waals surface area contributed by atoms with E-state index in [0.717, 1.165) is 12.8 Å². The third-order valence-corrected chi connectivity index (χ3v) is 5.07. The summed E-state index contributed by atoms with van der Waals surface area (Å²) in [6.45, 7) is 0. The largest absolute Gasteiger partial charge is 0.497 e. The third kappa shape index (κ3) is 1.68. The number of carbonyl (C=O) groups is 2. The first-order valence-corrected chi connectivity index (χ1v) is 7.41. The first kappa shape index (κ1) is 12.6. The number of carbonyl (C=O) groups excluding carboxylic acids is 2. The second kappa shape index (κ2) is 4.45. The molecule has 4 atom stereocenters. The average Bonchev–Trinajstić information content (AvgIpc) is 2.82. The van der Waals surface area contributed by atoms with Gasteiger partial charge in [0, 0.05) is 6.07 Å². The van der Waals surface area contributed by atoms with E-state index in [1.165, 1.54) is 4.90 Å². The molecular weight excluding hydrogens is 266 g/mol. The second-order valence-corrected chi connectivity index (χ2v) is 6.05. The van der Waals surface area contributed by atoms with Crippen LogP contribution >= 0.6 is 0 Å². The van der Waals surface area contributed by atoms with Crippen molar-refractivity contribution in [3.8, 4) is 5.75 Å². The Morgan fingerprint density at radius 2 is 1.67 bits per heavy atom. The lowest BCUT2D eigenvalue weighted by Gasteiger charge is -2.38. The zero-order chi connectivity index (χ0) is 14.6. The highest BCUT2D eigenvalue weighted by Gasteiger charge is 2.56. The van der Waals surface area contributed by atoms with Crippen molar-refractivity contribution in [3.05, 3.63) is 36.4 Å². The van der Waals surface area contributed by atoms with Gasteiger partial charge in [-0.15, -0.1) is 0 Å². The molecule has 4 aliphatic rings. The minimum absolute atomic E-state index is 0.0442. The topological polar surface area (TPSA) is 46.6 Å². The monoisotopic (exact) mass is 283 g/mol. The number of rotatable bonds is 2. The minimum atomic E-state index is -0.160. The van der Waals surface area contributed by atoms with Crippen LogP contribution in [0.5, 0.6) is 5.75 Å². The normalized spacial score (nSPS) is 33.5. The van der Waals surface area contributed by atoms with Gasteiger partial charge in [-0.05, 0) is 36.8 Å². The average molecular weight is 283 g/mol. The first-order valence-electron chi connectivity index (χ1n) is 7.41. The van der Waals surface area contributed by atoms with Crippen molar-refractivity contribution in [1.82, 2.24) is 0 Å². The van der Waals surface area contributed by atoms with Crippen LogP contribution in [0.15, 0.2) is 36.4 Å². The van der Waals surface area contributed by atoms with Gasteiger partial charge >= 0.3 is 0 Å². The fourth-order valence-electron chi connectivity index (χ4n) is 4.08. The van der Waals surface area contributed by atoms with Crippen molar-refractivity contribution >= 4 is 17.5 Å². The summed E-state index contributed by atoms with van der Waals surface area (Å²) in [5.41, 5.74) is 0.623. The molecule has 1 aromatic rings. The number of imide groups is 1. The van der Waals surface area contributed by atoms with Crippen molar-refractivity contribution in [3.63, 3.8) is 0 Å². The molecule has 0 aromatic heterocycles. The quantitative estimate of drug-likeness (QED) is 0.618. The molecule has 5 rings (SSSR count). The second-order valence-electron chi connectivity index (χ2n) is 6.05. The predicted octanol–water partition coefficient (Wildman–Crippen LogP) is 2.40. The summed E-state index contributed by atoms with van der Waals surface area (Å²) in [5.74, 6) is 0.706. The first-order chi connectivity index (χ1) is 10.2. The van der Waals surface area contributed by atoms with Crippen LogP contribution in [0, 0.1) is 23.7 Å². The van der Waals surface area contributed by atoms with Gasteiger partial charge in [-0.3, -0.25) is 9.59 Å². The molecule has 2 fully saturated rings. The summed E-state index contributed by atoms with van der Waals surface area (Å²) in [5, 5.41) is 0. The fourth-order valence-corrected chi connectivity index (χ4v) is 4.08. The Morgan fingerprint density at radius 3 is 2.19 bits per heavy atom. The molecule has 2 bridgehead atoms. The predicted molar refractivity (Wildman–Crippen MR) is 77.8 cm³/mol. The van der Waals surface area contributed by atoms with Crippen LogP contribution in [-0.4, -0.2) is 18.9 Å². The minimum Gasteiger partial charge on any atom is -0.497 e. The maximum absolute atomic E-state index is 12.8. The summed E-state index contributed by atoms with van der Waals surface area (Å²) < 4.78 is 5.20. The zero-order valence-electron chi connectivity index (χ0n) is 11.9. The summed E-state index contributed by atoms with van der Waals surface area (Å²) in [6, 6.07) is 7.17. The van der Waals surface area contributed by atoms with Gasteiger partial charge in [0.25, 0.3) is 0 Å². The Labute approximate surface area is 123 Å². The van der Waals surface area contributed by atoms with Crippen LogP contribution in [0.1, 0.15) is 12.8 Å². The lowest BCUT2D eigenvalue weighted by molar-refractivity contribution is -0.124. The molecule has 3 aliphatic carbocycles. The molecule has 108 valence electrons. The van der Waals surface area contributed by atoms with E-state index < -0.39 is 0 Å². The number of benzene rings is 1. The molecule has 1 heterocycles. The lowest BCUT2D eigenvalue weighted by atomic mass is 9.63. The van der Waals surface area contributed by atoms with Crippen molar-refractivity contribution < 1.29 is 14.3 Å². The highest BCUT2D eigenvalue weighted by Crippen LogP contribution is 2.50. The molecule has 1 aliphatic heterocycles. The van der Waals surface area contributed by atoms with Gasteiger partial charge < -0.3 is 4.74 Å². The van der Waals surface area contributed by atoms with Crippen molar-refractivity contribution in [2.45, 2.75) is 12.8 Å². The maximum atomic E-state index is 12.8. The Morgan fingerprint density at radius 1 is 1.05 bits per heavy atom. The molecule has 0 radical (unpaired) electrons. The van der Waals surface area contributed by atoms with Crippen LogP contribution in [0.3, 0.4) is 0 Å². The maximum Gasteiger partial charge on any atom is 0.238 e. The van der Waals surface area contributed by atoms with E-state index in [1.54, 1.807) is 19.2 Å². The lowest BCUT2D eigenvalue weighted by Crippen LogP contribution is -2.38. The Balaban J connectivity index is 1.75. The van der Waals surface area contributed by atoms with Gasteiger partial charge in [0.15, 0.2) is 0 Å². The number of ether oxygens (including phenoxy) is 1. The van der Waals surface area contributed by atoms with Crippen LogP contribution < -0.4 is 9.64 Å². The van der Waals surface area contributed by atoms with E-state index in [-0.39, 0.29) is 35.5 Å². The molecule has 21 heavy (non-hydrogen) atoms. The zero-order valence-corrected chi connectivity index (χ0v) is 11.9. The van der Waals surface area contributed by atoms with E-state index in [4.69, 9.17) is 4.74 Å². The molecule has 1 saturated carbocycles. The molecule has 0 N–H and O–H groups in total.